The fourth-order valence-corrected chi connectivity index (χ4v) is 12.4. The van der Waals surface area contributed by atoms with E-state index in [0.29, 0.717) is 0 Å². The Balaban J connectivity index is 1.01. The van der Waals surface area contributed by atoms with Crippen molar-refractivity contribution in [3.8, 4) is 28.4 Å². The van der Waals surface area contributed by atoms with Gasteiger partial charge in [0, 0.05) is 82.3 Å². The van der Waals surface area contributed by atoms with E-state index < -0.39 is 0 Å². The van der Waals surface area contributed by atoms with Gasteiger partial charge in [0.1, 0.15) is 0 Å². The van der Waals surface area contributed by atoms with Gasteiger partial charge in [0.25, 0.3) is 0 Å². The lowest BCUT2D eigenvalue weighted by molar-refractivity contribution is 1.16. The minimum absolute atomic E-state index is 1.12. The van der Waals surface area contributed by atoms with E-state index in [0.717, 1.165) is 39.5 Å². The SMILES string of the molecule is c1ccc(-n2c3ccc(-n4c5ccccc5c5ccc6c(c7ccccc7n6-c6ccccc6)c54)cc3c3cc(-n4c5ccccc5c5ccc6c(c7ccccc7n6-c6ccccc6)c54)ccc32)cc1. The van der Waals surface area contributed by atoms with E-state index in [1.165, 1.54) is 98.0 Å². The van der Waals surface area contributed by atoms with Crippen LogP contribution < -0.4 is 0 Å². The Labute approximate surface area is 407 Å². The van der Waals surface area contributed by atoms with Crippen molar-refractivity contribution in [1.82, 2.24) is 22.8 Å². The second-order valence-electron chi connectivity index (χ2n) is 18.9. The third-order valence-electron chi connectivity index (χ3n) is 15.2. The molecule has 0 radical (unpaired) electrons. The Hall–Kier alpha value is -9.58. The first-order valence-electron chi connectivity index (χ1n) is 24.4. The molecule has 0 bridgehead atoms. The number of nitrogens with zero attached hydrogens (tertiary/aromatic N) is 5. The van der Waals surface area contributed by atoms with Gasteiger partial charge in [-0.2, -0.15) is 0 Å². The molecule has 11 aromatic carbocycles. The van der Waals surface area contributed by atoms with Crippen molar-refractivity contribution in [3.05, 3.63) is 249 Å². The van der Waals surface area contributed by atoms with Crippen LogP contribution in [-0.2, 0) is 0 Å². The third kappa shape index (κ3) is 5.24. The molecule has 0 N–H and O–H groups in total. The standard InChI is InChI=1S/C66H41N5/c1-4-18-42(19-5-1)67-59-36-32-45(70-55-28-14-10-24-47(55)49-34-38-61-63(65(49)70)51-26-12-16-30-57(51)68(61)43-20-6-2-7-21-43)40-53(59)54-41-46(33-37-60(54)67)71-56-29-15-11-25-48(56)50-35-39-62-64(66(50)71)52-27-13-17-31-58(52)69(62)44-22-8-3-9-23-44/h1-41H. The van der Waals surface area contributed by atoms with Crippen LogP contribution in [0.2, 0.25) is 0 Å². The van der Waals surface area contributed by atoms with Crippen LogP contribution in [0.1, 0.15) is 0 Å². The molecule has 5 nitrogen and oxygen atoms in total. The summed E-state index contributed by atoms with van der Waals surface area (Å²) in [6, 6.07) is 91.5. The molecule has 5 heteroatoms. The van der Waals surface area contributed by atoms with Crippen LogP contribution in [0.15, 0.2) is 249 Å². The first-order chi connectivity index (χ1) is 35.3. The average molecular weight is 904 g/mol. The van der Waals surface area contributed by atoms with Gasteiger partial charge in [-0.05, 0) is 109 Å². The summed E-state index contributed by atoms with van der Waals surface area (Å²) < 4.78 is 12.3. The van der Waals surface area contributed by atoms with Crippen LogP contribution in [0, 0.1) is 0 Å². The van der Waals surface area contributed by atoms with Crippen LogP contribution in [0.3, 0.4) is 0 Å². The Kier molecular flexibility index (Phi) is 7.82. The highest BCUT2D eigenvalue weighted by Crippen LogP contribution is 2.46. The van der Waals surface area contributed by atoms with Gasteiger partial charge in [-0.15, -0.1) is 0 Å². The number of hydrogen-bond acceptors (Lipinski definition) is 0. The van der Waals surface area contributed by atoms with Gasteiger partial charge >= 0.3 is 0 Å². The zero-order chi connectivity index (χ0) is 46.3. The molecule has 0 fully saturated rings. The highest BCUT2D eigenvalue weighted by atomic mass is 15.0. The van der Waals surface area contributed by atoms with Crippen molar-refractivity contribution in [2.75, 3.05) is 0 Å². The lowest BCUT2D eigenvalue weighted by Crippen LogP contribution is -1.97. The quantitative estimate of drug-likeness (QED) is 0.164. The third-order valence-corrected chi connectivity index (χ3v) is 15.2. The highest BCUT2D eigenvalue weighted by Gasteiger charge is 2.24. The highest BCUT2D eigenvalue weighted by molar-refractivity contribution is 6.28. The van der Waals surface area contributed by atoms with Crippen molar-refractivity contribution in [1.29, 1.82) is 0 Å². The van der Waals surface area contributed by atoms with Gasteiger partial charge in [-0.25, -0.2) is 0 Å². The number of fused-ring (bicyclic) bond motifs is 17. The fourth-order valence-electron chi connectivity index (χ4n) is 12.4. The summed E-state index contributed by atoms with van der Waals surface area (Å²) >= 11 is 0. The molecule has 0 saturated heterocycles. The first kappa shape index (κ1) is 38.4. The monoisotopic (exact) mass is 903 g/mol. The van der Waals surface area contributed by atoms with Crippen molar-refractivity contribution >= 4 is 109 Å². The Morgan fingerprint density at radius 2 is 0.465 bits per heavy atom. The van der Waals surface area contributed by atoms with Crippen LogP contribution in [0.4, 0.5) is 0 Å². The van der Waals surface area contributed by atoms with E-state index >= 15 is 0 Å². The maximum absolute atomic E-state index is 2.52. The Morgan fingerprint density at radius 3 is 0.859 bits per heavy atom. The first-order valence-corrected chi connectivity index (χ1v) is 24.4. The van der Waals surface area contributed by atoms with Crippen LogP contribution in [0.25, 0.3) is 137 Å². The van der Waals surface area contributed by atoms with E-state index in [9.17, 15) is 0 Å². The summed E-state index contributed by atoms with van der Waals surface area (Å²) in [5, 5.41) is 12.3. The minimum Gasteiger partial charge on any atom is -0.309 e. The molecule has 16 rings (SSSR count). The lowest BCUT2D eigenvalue weighted by Gasteiger charge is -2.11. The molecule has 0 amide bonds. The number of benzene rings is 11. The van der Waals surface area contributed by atoms with Crippen molar-refractivity contribution in [3.63, 3.8) is 0 Å². The van der Waals surface area contributed by atoms with Crippen molar-refractivity contribution < 1.29 is 0 Å². The Morgan fingerprint density at radius 1 is 0.169 bits per heavy atom. The largest absolute Gasteiger partial charge is 0.309 e. The molecule has 0 spiro atoms. The lowest BCUT2D eigenvalue weighted by atomic mass is 10.1. The predicted molar refractivity (Wildman–Crippen MR) is 298 cm³/mol. The molecular formula is C66H41N5. The maximum atomic E-state index is 2.52. The van der Waals surface area contributed by atoms with Gasteiger partial charge in [0.15, 0.2) is 0 Å². The molecule has 0 saturated carbocycles. The topological polar surface area (TPSA) is 24.6 Å². The molecule has 16 aromatic rings. The summed E-state index contributed by atoms with van der Waals surface area (Å²) in [5.41, 5.74) is 17.6. The predicted octanol–water partition coefficient (Wildman–Crippen LogP) is 17.2. The van der Waals surface area contributed by atoms with E-state index in [1.54, 1.807) is 0 Å². The number of para-hydroxylation sites is 7. The summed E-state index contributed by atoms with van der Waals surface area (Å²) in [7, 11) is 0. The van der Waals surface area contributed by atoms with E-state index in [4.69, 9.17) is 0 Å². The molecule has 0 aliphatic rings. The second kappa shape index (κ2) is 14.5. The zero-order valence-corrected chi connectivity index (χ0v) is 38.4. The number of aromatic nitrogens is 5. The van der Waals surface area contributed by atoms with Crippen molar-refractivity contribution in [2.24, 2.45) is 0 Å². The molecule has 71 heavy (non-hydrogen) atoms. The van der Waals surface area contributed by atoms with E-state index in [1.807, 2.05) is 0 Å². The molecule has 0 atom stereocenters. The summed E-state index contributed by atoms with van der Waals surface area (Å²) in [5.74, 6) is 0. The molecule has 330 valence electrons. The smallest absolute Gasteiger partial charge is 0.0641 e. The molecule has 0 aliphatic heterocycles. The number of rotatable bonds is 5. The zero-order valence-electron chi connectivity index (χ0n) is 38.4. The van der Waals surface area contributed by atoms with Crippen LogP contribution >= 0.6 is 0 Å². The van der Waals surface area contributed by atoms with Gasteiger partial charge in [-0.1, -0.05) is 140 Å². The van der Waals surface area contributed by atoms with E-state index in [2.05, 4.69) is 272 Å². The molecule has 0 unspecified atom stereocenters. The maximum Gasteiger partial charge on any atom is 0.0641 e. The summed E-state index contributed by atoms with van der Waals surface area (Å²) in [6.45, 7) is 0. The van der Waals surface area contributed by atoms with Gasteiger partial charge in [-0.3, -0.25) is 0 Å². The molecule has 0 aliphatic carbocycles. The number of hydrogen-bond donors (Lipinski definition) is 0. The average Bonchev–Trinajstić information content (AvgIpc) is 4.23. The van der Waals surface area contributed by atoms with Crippen molar-refractivity contribution in [2.45, 2.75) is 0 Å². The van der Waals surface area contributed by atoms with Crippen LogP contribution in [-0.4, -0.2) is 22.8 Å². The van der Waals surface area contributed by atoms with E-state index in [-0.39, 0.29) is 0 Å². The summed E-state index contributed by atoms with van der Waals surface area (Å²) in [6.07, 6.45) is 0. The van der Waals surface area contributed by atoms with Crippen LogP contribution in [0.5, 0.6) is 0 Å². The minimum atomic E-state index is 1.12. The normalized spacial score (nSPS) is 12.2. The molecular weight excluding hydrogens is 863 g/mol. The molecule has 5 heterocycles. The van der Waals surface area contributed by atoms with Gasteiger partial charge < -0.3 is 22.8 Å². The fraction of sp³-hybridized carbons (Fsp3) is 0. The summed E-state index contributed by atoms with van der Waals surface area (Å²) in [4.78, 5) is 0. The second-order valence-corrected chi connectivity index (χ2v) is 18.9. The Bertz CT molecular complexity index is 4560. The van der Waals surface area contributed by atoms with Gasteiger partial charge in [0.2, 0.25) is 0 Å². The van der Waals surface area contributed by atoms with Gasteiger partial charge in [0.05, 0.1) is 55.2 Å². The molecule has 5 aromatic heterocycles.